The fourth-order valence-corrected chi connectivity index (χ4v) is 1.18. The maximum absolute atomic E-state index is 8.36. The van der Waals surface area contributed by atoms with E-state index in [1.54, 1.807) is 6.33 Å². The number of ether oxygens (including phenoxy) is 1. The summed E-state index contributed by atoms with van der Waals surface area (Å²) in [4.78, 5) is 12.6. The Bertz CT molecular complexity index is 343. The second-order valence-electron chi connectivity index (χ2n) is 5.05. The standard InChI is InChI=1S/C11H21N3O.CH2O2/c1-9(12)5-10-6-14(7-13-10)8-15-11(2,3)4;2-1-3/h6-7,9H,5,8,12H2,1-4H3;1H,(H,2,3)/t9-;/m1./s1. The maximum atomic E-state index is 8.36. The molecule has 0 amide bonds. The van der Waals surface area contributed by atoms with Crippen LogP contribution < -0.4 is 5.73 Å². The summed E-state index contributed by atoms with van der Waals surface area (Å²) >= 11 is 0. The summed E-state index contributed by atoms with van der Waals surface area (Å²) in [6.45, 7) is 8.37. The van der Waals surface area contributed by atoms with Crippen LogP contribution in [-0.4, -0.2) is 32.8 Å². The monoisotopic (exact) mass is 257 g/mol. The zero-order valence-electron chi connectivity index (χ0n) is 11.5. The van der Waals surface area contributed by atoms with E-state index in [-0.39, 0.29) is 18.1 Å². The van der Waals surface area contributed by atoms with Crippen LogP contribution in [-0.2, 0) is 22.7 Å². The molecule has 6 heteroatoms. The number of nitrogens with zero attached hydrogens (tertiary/aromatic N) is 2. The Morgan fingerprint density at radius 2 is 2.17 bits per heavy atom. The molecule has 0 aliphatic heterocycles. The first-order chi connectivity index (χ1) is 8.28. The van der Waals surface area contributed by atoms with Crippen LogP contribution in [0.4, 0.5) is 0 Å². The van der Waals surface area contributed by atoms with E-state index in [1.807, 2.05) is 38.5 Å². The van der Waals surface area contributed by atoms with E-state index in [1.165, 1.54) is 0 Å². The number of hydrogen-bond donors (Lipinski definition) is 2. The number of rotatable bonds is 4. The van der Waals surface area contributed by atoms with E-state index in [9.17, 15) is 0 Å². The average Bonchev–Trinajstić information content (AvgIpc) is 2.62. The van der Waals surface area contributed by atoms with Crippen LogP contribution in [0.2, 0.25) is 0 Å². The molecule has 1 atom stereocenters. The number of imidazole rings is 1. The molecule has 0 spiro atoms. The van der Waals surface area contributed by atoms with Gasteiger partial charge in [0.05, 0.1) is 17.6 Å². The van der Waals surface area contributed by atoms with Crippen molar-refractivity contribution in [1.29, 1.82) is 0 Å². The summed E-state index contributed by atoms with van der Waals surface area (Å²) in [7, 11) is 0. The normalized spacial score (nSPS) is 12.5. The average molecular weight is 257 g/mol. The highest BCUT2D eigenvalue weighted by molar-refractivity contribution is 5.32. The topological polar surface area (TPSA) is 90.4 Å². The summed E-state index contributed by atoms with van der Waals surface area (Å²) in [6.07, 6.45) is 4.57. The molecule has 0 radical (unpaired) electrons. The minimum atomic E-state index is -0.250. The van der Waals surface area contributed by atoms with Crippen molar-refractivity contribution in [2.75, 3.05) is 0 Å². The number of carbonyl (C=O) groups is 1. The van der Waals surface area contributed by atoms with Crippen LogP contribution in [0.15, 0.2) is 12.5 Å². The molecule has 0 aliphatic carbocycles. The Labute approximate surface area is 108 Å². The van der Waals surface area contributed by atoms with Crippen molar-refractivity contribution in [2.45, 2.75) is 52.5 Å². The molecule has 0 fully saturated rings. The minimum Gasteiger partial charge on any atom is -0.483 e. The van der Waals surface area contributed by atoms with E-state index in [0.717, 1.165) is 12.1 Å². The van der Waals surface area contributed by atoms with Gasteiger partial charge < -0.3 is 20.1 Å². The van der Waals surface area contributed by atoms with Gasteiger partial charge >= 0.3 is 0 Å². The Morgan fingerprint density at radius 3 is 2.61 bits per heavy atom. The van der Waals surface area contributed by atoms with Gasteiger partial charge in [-0.2, -0.15) is 0 Å². The van der Waals surface area contributed by atoms with Crippen molar-refractivity contribution >= 4 is 6.47 Å². The Hall–Kier alpha value is -1.40. The summed E-state index contributed by atoms with van der Waals surface area (Å²) in [6, 6.07) is 0.150. The first-order valence-electron chi connectivity index (χ1n) is 5.76. The van der Waals surface area contributed by atoms with Crippen LogP contribution in [0, 0.1) is 0 Å². The largest absolute Gasteiger partial charge is 0.483 e. The molecule has 1 heterocycles. The van der Waals surface area contributed by atoms with Crippen molar-refractivity contribution in [3.05, 3.63) is 18.2 Å². The highest BCUT2D eigenvalue weighted by atomic mass is 16.5. The molecule has 0 aromatic carbocycles. The molecule has 0 bridgehead atoms. The van der Waals surface area contributed by atoms with Crippen molar-refractivity contribution in [2.24, 2.45) is 5.73 Å². The molecule has 1 rings (SSSR count). The first kappa shape index (κ1) is 16.6. The molecule has 0 aliphatic rings. The molecule has 3 N–H and O–H groups in total. The van der Waals surface area contributed by atoms with E-state index in [2.05, 4.69) is 4.98 Å². The molecule has 104 valence electrons. The van der Waals surface area contributed by atoms with Crippen LogP contribution in [0.1, 0.15) is 33.4 Å². The summed E-state index contributed by atoms with van der Waals surface area (Å²) in [5.74, 6) is 0. The number of hydrogen-bond acceptors (Lipinski definition) is 4. The summed E-state index contributed by atoms with van der Waals surface area (Å²) in [5, 5.41) is 6.89. The second-order valence-corrected chi connectivity index (χ2v) is 5.05. The van der Waals surface area contributed by atoms with Gasteiger partial charge in [-0.15, -0.1) is 0 Å². The first-order valence-corrected chi connectivity index (χ1v) is 5.76. The van der Waals surface area contributed by atoms with Gasteiger partial charge in [-0.25, -0.2) is 4.98 Å². The van der Waals surface area contributed by atoms with Gasteiger partial charge in [0, 0.05) is 18.7 Å². The summed E-state index contributed by atoms with van der Waals surface area (Å²) in [5.41, 5.74) is 6.59. The molecular formula is C12H23N3O3. The quantitative estimate of drug-likeness (QED) is 0.792. The van der Waals surface area contributed by atoms with Crippen LogP contribution in [0.5, 0.6) is 0 Å². The number of carboxylic acid groups (broad SMARTS) is 1. The van der Waals surface area contributed by atoms with E-state index >= 15 is 0 Å². The Kier molecular flexibility index (Phi) is 7.23. The van der Waals surface area contributed by atoms with E-state index < -0.39 is 0 Å². The maximum Gasteiger partial charge on any atom is 0.290 e. The fraction of sp³-hybridized carbons (Fsp3) is 0.667. The molecule has 0 saturated carbocycles. The Morgan fingerprint density at radius 1 is 1.61 bits per heavy atom. The smallest absolute Gasteiger partial charge is 0.290 e. The molecule has 0 saturated heterocycles. The lowest BCUT2D eigenvalue weighted by molar-refractivity contribution is -0.122. The van der Waals surface area contributed by atoms with Gasteiger partial charge in [-0.1, -0.05) is 0 Å². The fourth-order valence-electron chi connectivity index (χ4n) is 1.18. The van der Waals surface area contributed by atoms with Gasteiger partial charge in [0.15, 0.2) is 0 Å². The predicted molar refractivity (Wildman–Crippen MR) is 69.1 cm³/mol. The lowest BCUT2D eigenvalue weighted by atomic mass is 10.2. The second kappa shape index (κ2) is 7.84. The third kappa shape index (κ3) is 8.72. The van der Waals surface area contributed by atoms with E-state index in [0.29, 0.717) is 6.73 Å². The third-order valence-electron chi connectivity index (χ3n) is 1.86. The third-order valence-corrected chi connectivity index (χ3v) is 1.86. The number of nitrogens with two attached hydrogens (primary N) is 1. The van der Waals surface area contributed by atoms with Gasteiger partial charge in [-0.3, -0.25) is 4.79 Å². The molecule has 6 nitrogen and oxygen atoms in total. The van der Waals surface area contributed by atoms with Gasteiger partial charge in [0.2, 0.25) is 0 Å². The van der Waals surface area contributed by atoms with Crippen LogP contribution in [0.3, 0.4) is 0 Å². The predicted octanol–water partition coefficient (Wildman–Crippen LogP) is 1.25. The van der Waals surface area contributed by atoms with Crippen molar-refractivity contribution in [3.8, 4) is 0 Å². The Balaban J connectivity index is 0.000000873. The van der Waals surface area contributed by atoms with Gasteiger partial charge in [-0.05, 0) is 27.7 Å². The molecule has 1 aromatic heterocycles. The SMILES string of the molecule is C[C@@H](N)Cc1cn(COC(C)(C)C)cn1.O=CO. The molecule has 1 aromatic rings. The molecular weight excluding hydrogens is 234 g/mol. The van der Waals surface area contributed by atoms with Crippen molar-refractivity contribution in [3.63, 3.8) is 0 Å². The molecule has 18 heavy (non-hydrogen) atoms. The lowest BCUT2D eigenvalue weighted by Gasteiger charge is -2.19. The van der Waals surface area contributed by atoms with Crippen LogP contribution >= 0.6 is 0 Å². The van der Waals surface area contributed by atoms with Crippen molar-refractivity contribution < 1.29 is 14.6 Å². The van der Waals surface area contributed by atoms with Crippen LogP contribution in [0.25, 0.3) is 0 Å². The highest BCUT2D eigenvalue weighted by Crippen LogP contribution is 2.08. The molecule has 0 unspecified atom stereocenters. The van der Waals surface area contributed by atoms with Crippen molar-refractivity contribution in [1.82, 2.24) is 9.55 Å². The summed E-state index contributed by atoms with van der Waals surface area (Å²) < 4.78 is 7.56. The lowest BCUT2D eigenvalue weighted by Crippen LogP contribution is -2.20. The van der Waals surface area contributed by atoms with Gasteiger partial charge in [0.1, 0.15) is 6.73 Å². The van der Waals surface area contributed by atoms with E-state index in [4.69, 9.17) is 20.4 Å². The van der Waals surface area contributed by atoms with Gasteiger partial charge in [0.25, 0.3) is 6.47 Å². The minimum absolute atomic E-state index is 0.119. The number of aromatic nitrogens is 2. The zero-order valence-corrected chi connectivity index (χ0v) is 11.5. The zero-order chi connectivity index (χ0) is 14.2. The highest BCUT2D eigenvalue weighted by Gasteiger charge is 2.10.